The van der Waals surface area contributed by atoms with Crippen molar-refractivity contribution in [3.63, 3.8) is 0 Å². The Kier molecular flexibility index (Phi) is 13.6. The first-order valence-electron chi connectivity index (χ1n) is 2.53. The van der Waals surface area contributed by atoms with E-state index in [1.807, 2.05) is 6.92 Å². The predicted molar refractivity (Wildman–Crippen MR) is 37.9 cm³/mol. The zero-order valence-electron chi connectivity index (χ0n) is 6.00. The van der Waals surface area contributed by atoms with Gasteiger partial charge in [0.25, 0.3) is 0 Å². The van der Waals surface area contributed by atoms with Gasteiger partial charge in [-0.1, -0.05) is 22.9 Å². The van der Waals surface area contributed by atoms with E-state index in [9.17, 15) is 8.76 Å². The molecule has 0 amide bonds. The van der Waals surface area contributed by atoms with E-state index in [-0.39, 0.29) is 62.8 Å². The summed E-state index contributed by atoms with van der Waals surface area (Å²) in [6.45, 7) is 2.16. The minimum absolute atomic E-state index is 0. The van der Waals surface area contributed by atoms with Crippen molar-refractivity contribution < 1.29 is 64.3 Å². The second kappa shape index (κ2) is 9.28. The second-order valence-electron chi connectivity index (χ2n) is 1.49. The maximum atomic E-state index is 9.78. The van der Waals surface area contributed by atoms with Crippen molar-refractivity contribution in [3.05, 3.63) is 0 Å². The average molecular weight is 255 g/mol. The van der Waals surface area contributed by atoms with Crippen LogP contribution in [0.3, 0.4) is 0 Å². The molecule has 2 unspecified atom stereocenters. The van der Waals surface area contributed by atoms with Crippen molar-refractivity contribution in [2.75, 3.05) is 6.61 Å². The van der Waals surface area contributed by atoms with Crippen molar-refractivity contribution in [1.82, 2.24) is 0 Å². The van der Waals surface area contributed by atoms with Gasteiger partial charge in [-0.15, -0.1) is 0 Å². The van der Waals surface area contributed by atoms with E-state index in [2.05, 4.69) is 20.1 Å². The number of hydrogen-bond donors (Lipinski definition) is 0. The molecule has 0 aliphatic rings. The molecule has 2 atom stereocenters. The minimum atomic E-state index is -2.37. The second-order valence-corrected chi connectivity index (χ2v) is 3.43. The Morgan fingerprint density at radius 3 is 2.60 bits per heavy atom. The first-order chi connectivity index (χ1) is 4.16. The zero-order chi connectivity index (χ0) is 7.28. The average Bonchev–Trinajstić information content (AvgIpc) is 1.83. The zero-order valence-corrected chi connectivity index (χ0v) is 11.5. The first kappa shape index (κ1) is 14.7. The SMILES string of the molecule is CCC(Br)COS(=O)[O-].[K+]. The number of rotatable bonds is 4. The van der Waals surface area contributed by atoms with Crippen molar-refractivity contribution in [1.29, 1.82) is 0 Å². The molecule has 0 aliphatic carbocycles. The topological polar surface area (TPSA) is 49.4 Å². The van der Waals surface area contributed by atoms with Gasteiger partial charge in [-0.25, -0.2) is 4.21 Å². The van der Waals surface area contributed by atoms with Crippen LogP contribution in [0.25, 0.3) is 0 Å². The van der Waals surface area contributed by atoms with Crippen molar-refractivity contribution >= 4 is 27.3 Å². The quantitative estimate of drug-likeness (QED) is 0.331. The molecular formula is C4H8BrKO3S. The van der Waals surface area contributed by atoms with E-state index in [1.165, 1.54) is 0 Å². The third-order valence-electron chi connectivity index (χ3n) is 0.788. The summed E-state index contributed by atoms with van der Waals surface area (Å²) in [6.07, 6.45) is 0.858. The van der Waals surface area contributed by atoms with Gasteiger partial charge in [0.2, 0.25) is 0 Å². The van der Waals surface area contributed by atoms with E-state index < -0.39 is 11.4 Å². The van der Waals surface area contributed by atoms with Gasteiger partial charge < -0.3 is 4.55 Å². The maximum absolute atomic E-state index is 9.78. The molecule has 0 aromatic heterocycles. The summed E-state index contributed by atoms with van der Waals surface area (Å²) in [5.41, 5.74) is 0. The summed E-state index contributed by atoms with van der Waals surface area (Å²) in [5, 5.41) is 0. The summed E-state index contributed by atoms with van der Waals surface area (Å²) in [5.74, 6) is 0. The first-order valence-corrected chi connectivity index (χ1v) is 4.45. The number of halogens is 1. The van der Waals surface area contributed by atoms with Gasteiger partial charge in [-0.2, -0.15) is 0 Å². The van der Waals surface area contributed by atoms with Crippen LogP contribution < -0.4 is 51.4 Å². The monoisotopic (exact) mass is 254 g/mol. The van der Waals surface area contributed by atoms with Crippen LogP contribution in [0.15, 0.2) is 0 Å². The van der Waals surface area contributed by atoms with Gasteiger partial charge >= 0.3 is 51.4 Å². The molecule has 0 saturated heterocycles. The molecule has 0 radical (unpaired) electrons. The maximum Gasteiger partial charge on any atom is 1.00 e. The Hall–Kier alpha value is 2.19. The molecular weight excluding hydrogens is 247 g/mol. The summed E-state index contributed by atoms with van der Waals surface area (Å²) < 4.78 is 23.8. The molecule has 0 rings (SSSR count). The molecule has 0 aromatic rings. The van der Waals surface area contributed by atoms with E-state index >= 15 is 0 Å². The van der Waals surface area contributed by atoms with Crippen molar-refractivity contribution in [2.45, 2.75) is 18.2 Å². The Morgan fingerprint density at radius 1 is 1.80 bits per heavy atom. The fourth-order valence-corrected chi connectivity index (χ4v) is 0.830. The molecule has 3 nitrogen and oxygen atoms in total. The molecule has 0 N–H and O–H groups in total. The smallest absolute Gasteiger partial charge is 0.750 e. The normalized spacial score (nSPS) is 15.5. The Morgan fingerprint density at radius 2 is 2.30 bits per heavy atom. The van der Waals surface area contributed by atoms with Crippen LogP contribution in [0.5, 0.6) is 0 Å². The Labute approximate surface area is 114 Å². The molecule has 0 heterocycles. The molecule has 0 bridgehead atoms. The Balaban J connectivity index is 0. The van der Waals surface area contributed by atoms with Gasteiger partial charge in [-0.3, -0.25) is 4.18 Å². The van der Waals surface area contributed by atoms with Crippen LogP contribution in [-0.2, 0) is 15.5 Å². The van der Waals surface area contributed by atoms with Crippen LogP contribution in [0.2, 0.25) is 0 Å². The Bertz CT molecular complexity index is 103. The van der Waals surface area contributed by atoms with Gasteiger partial charge in [0.1, 0.15) is 0 Å². The van der Waals surface area contributed by atoms with E-state index in [0.29, 0.717) is 0 Å². The predicted octanol–water partition coefficient (Wildman–Crippen LogP) is -2.03. The molecule has 10 heavy (non-hydrogen) atoms. The third kappa shape index (κ3) is 10.2. The van der Waals surface area contributed by atoms with Crippen molar-refractivity contribution in [3.8, 4) is 0 Å². The molecule has 0 aliphatic heterocycles. The largest absolute Gasteiger partial charge is 1.00 e. The molecule has 6 heteroatoms. The van der Waals surface area contributed by atoms with Crippen LogP contribution in [0.4, 0.5) is 0 Å². The number of alkyl halides is 1. The van der Waals surface area contributed by atoms with Crippen LogP contribution >= 0.6 is 15.9 Å². The molecule has 0 fully saturated rings. The summed E-state index contributed by atoms with van der Waals surface area (Å²) >= 11 is 0.839. The summed E-state index contributed by atoms with van der Waals surface area (Å²) in [6, 6.07) is 0. The van der Waals surface area contributed by atoms with Gasteiger partial charge in [0.15, 0.2) is 0 Å². The van der Waals surface area contributed by atoms with Crippen LogP contribution in [-0.4, -0.2) is 20.2 Å². The fraction of sp³-hybridized carbons (Fsp3) is 1.00. The van der Waals surface area contributed by atoms with E-state index in [4.69, 9.17) is 0 Å². The fourth-order valence-electron chi connectivity index (χ4n) is 0.247. The van der Waals surface area contributed by atoms with Gasteiger partial charge in [0.05, 0.1) is 18.0 Å². The summed E-state index contributed by atoms with van der Waals surface area (Å²) in [4.78, 5) is 0.135. The van der Waals surface area contributed by atoms with Crippen LogP contribution in [0, 0.1) is 0 Å². The minimum Gasteiger partial charge on any atom is -0.750 e. The van der Waals surface area contributed by atoms with E-state index in [1.54, 1.807) is 0 Å². The molecule has 0 saturated carbocycles. The molecule has 0 spiro atoms. The molecule has 56 valence electrons. The molecule has 0 aromatic carbocycles. The standard InChI is InChI=1S/C4H9BrO3S.K/c1-2-4(5)3-8-9(6)7;/h4H,2-3H2,1H3,(H,6,7);/q;+1/p-1. The summed E-state index contributed by atoms with van der Waals surface area (Å²) in [7, 11) is 0. The van der Waals surface area contributed by atoms with Crippen molar-refractivity contribution in [2.24, 2.45) is 0 Å². The van der Waals surface area contributed by atoms with E-state index in [0.717, 1.165) is 6.42 Å². The van der Waals surface area contributed by atoms with Gasteiger partial charge in [0, 0.05) is 4.83 Å². The number of hydrogen-bond acceptors (Lipinski definition) is 3. The van der Waals surface area contributed by atoms with Gasteiger partial charge in [-0.05, 0) is 6.42 Å². The van der Waals surface area contributed by atoms with Crippen LogP contribution in [0.1, 0.15) is 13.3 Å². The third-order valence-corrected chi connectivity index (χ3v) is 2.03.